The molecule has 1 N–H and O–H groups in total. The molecule has 1 heterocycles. The van der Waals surface area contributed by atoms with Crippen molar-refractivity contribution in [2.75, 3.05) is 7.05 Å². The van der Waals surface area contributed by atoms with E-state index in [-0.39, 0.29) is 0 Å². The van der Waals surface area contributed by atoms with Crippen LogP contribution in [0.1, 0.15) is 5.69 Å². The fourth-order valence-electron chi connectivity index (χ4n) is 2.01. The second-order valence-electron chi connectivity index (χ2n) is 4.22. The first-order chi connectivity index (χ1) is 8.86. The molecule has 0 atom stereocenters. The minimum atomic E-state index is 0.730. The average molecular weight is 238 g/mol. The van der Waals surface area contributed by atoms with Crippen molar-refractivity contribution < 1.29 is 0 Å². The summed E-state index contributed by atoms with van der Waals surface area (Å²) < 4.78 is 1.80. The topological polar surface area (TPSA) is 42.7 Å². The molecule has 0 radical (unpaired) electrons. The van der Waals surface area contributed by atoms with Crippen LogP contribution < -0.4 is 5.32 Å². The molecule has 0 bridgehead atoms. The number of aromatic nitrogens is 3. The summed E-state index contributed by atoms with van der Waals surface area (Å²) in [5.41, 5.74) is 1.97. The molecule has 0 spiro atoms. The van der Waals surface area contributed by atoms with E-state index < -0.39 is 0 Å². The van der Waals surface area contributed by atoms with Gasteiger partial charge in [-0.15, -0.1) is 5.10 Å². The van der Waals surface area contributed by atoms with Crippen LogP contribution in [0.3, 0.4) is 0 Å². The van der Waals surface area contributed by atoms with Crippen LogP contribution in [0.2, 0.25) is 0 Å². The number of rotatable bonds is 3. The van der Waals surface area contributed by atoms with E-state index in [1.165, 1.54) is 10.8 Å². The molecule has 2 aromatic carbocycles. The normalized spacial score (nSPS) is 10.9. The minimum Gasteiger partial charge on any atom is -0.314 e. The summed E-state index contributed by atoms with van der Waals surface area (Å²) in [5, 5.41) is 13.8. The predicted molar refractivity (Wildman–Crippen MR) is 71.6 cm³/mol. The van der Waals surface area contributed by atoms with E-state index in [0.717, 1.165) is 17.9 Å². The van der Waals surface area contributed by atoms with Gasteiger partial charge in [0.1, 0.15) is 0 Å². The van der Waals surface area contributed by atoms with Crippen molar-refractivity contribution in [1.29, 1.82) is 0 Å². The maximum absolute atomic E-state index is 4.14. The van der Waals surface area contributed by atoms with Crippen LogP contribution in [0.4, 0.5) is 0 Å². The SMILES string of the molecule is CNCc1cn(-c2ccc3ccccc3c2)nn1. The third kappa shape index (κ3) is 1.98. The van der Waals surface area contributed by atoms with E-state index in [1.54, 1.807) is 4.68 Å². The summed E-state index contributed by atoms with van der Waals surface area (Å²) in [6, 6.07) is 14.6. The van der Waals surface area contributed by atoms with Crippen molar-refractivity contribution in [3.63, 3.8) is 0 Å². The summed E-state index contributed by atoms with van der Waals surface area (Å²) >= 11 is 0. The molecule has 4 nitrogen and oxygen atoms in total. The van der Waals surface area contributed by atoms with Gasteiger partial charge in [0.25, 0.3) is 0 Å². The highest BCUT2D eigenvalue weighted by Crippen LogP contribution is 2.17. The average Bonchev–Trinajstić information content (AvgIpc) is 2.87. The highest BCUT2D eigenvalue weighted by atomic mass is 15.4. The molecule has 0 aliphatic heterocycles. The van der Waals surface area contributed by atoms with Crippen molar-refractivity contribution in [3.8, 4) is 5.69 Å². The van der Waals surface area contributed by atoms with Gasteiger partial charge < -0.3 is 5.32 Å². The molecule has 3 rings (SSSR count). The lowest BCUT2D eigenvalue weighted by molar-refractivity contribution is 0.767. The molecule has 90 valence electrons. The van der Waals surface area contributed by atoms with Crippen molar-refractivity contribution in [2.24, 2.45) is 0 Å². The Morgan fingerprint density at radius 2 is 1.94 bits per heavy atom. The molecule has 0 unspecified atom stereocenters. The van der Waals surface area contributed by atoms with Crippen LogP contribution in [-0.2, 0) is 6.54 Å². The molecule has 4 heteroatoms. The largest absolute Gasteiger partial charge is 0.314 e. The Kier molecular flexibility index (Phi) is 2.78. The zero-order chi connectivity index (χ0) is 12.4. The Morgan fingerprint density at radius 3 is 2.78 bits per heavy atom. The first-order valence-corrected chi connectivity index (χ1v) is 5.92. The lowest BCUT2D eigenvalue weighted by Gasteiger charge is -2.02. The third-order valence-corrected chi connectivity index (χ3v) is 2.90. The van der Waals surface area contributed by atoms with E-state index in [2.05, 4.69) is 46.0 Å². The summed E-state index contributed by atoms with van der Waals surface area (Å²) in [4.78, 5) is 0. The van der Waals surface area contributed by atoms with Gasteiger partial charge in [-0.3, -0.25) is 0 Å². The van der Waals surface area contributed by atoms with E-state index >= 15 is 0 Å². The lowest BCUT2D eigenvalue weighted by atomic mass is 10.1. The fraction of sp³-hybridized carbons (Fsp3) is 0.143. The number of hydrogen-bond donors (Lipinski definition) is 1. The van der Waals surface area contributed by atoms with E-state index in [0.29, 0.717) is 0 Å². The van der Waals surface area contributed by atoms with E-state index in [1.807, 2.05) is 25.4 Å². The molecule has 18 heavy (non-hydrogen) atoms. The van der Waals surface area contributed by atoms with Crippen LogP contribution in [0.5, 0.6) is 0 Å². The molecule has 0 saturated carbocycles. The Bertz CT molecular complexity index is 672. The molecule has 0 fully saturated rings. The molecule has 0 aliphatic rings. The molecule has 3 aromatic rings. The standard InChI is InChI=1S/C14H14N4/c1-15-9-13-10-18(17-16-13)14-7-6-11-4-2-3-5-12(11)8-14/h2-8,10,15H,9H2,1H3. The monoisotopic (exact) mass is 238 g/mol. The Hall–Kier alpha value is -2.20. The van der Waals surface area contributed by atoms with Gasteiger partial charge in [-0.25, -0.2) is 4.68 Å². The molecule has 0 saturated heterocycles. The zero-order valence-corrected chi connectivity index (χ0v) is 10.2. The zero-order valence-electron chi connectivity index (χ0n) is 10.2. The fourth-order valence-corrected chi connectivity index (χ4v) is 2.01. The van der Waals surface area contributed by atoms with Gasteiger partial charge in [-0.2, -0.15) is 0 Å². The highest BCUT2D eigenvalue weighted by molar-refractivity contribution is 5.84. The van der Waals surface area contributed by atoms with E-state index in [4.69, 9.17) is 0 Å². The van der Waals surface area contributed by atoms with Gasteiger partial charge in [-0.1, -0.05) is 35.5 Å². The maximum atomic E-state index is 4.14. The summed E-state index contributed by atoms with van der Waals surface area (Å²) in [6.45, 7) is 0.730. The Labute approximate surface area is 105 Å². The van der Waals surface area contributed by atoms with E-state index in [9.17, 15) is 0 Å². The first-order valence-electron chi connectivity index (χ1n) is 5.92. The molecule has 0 aliphatic carbocycles. The predicted octanol–water partition coefficient (Wildman–Crippen LogP) is 2.14. The minimum absolute atomic E-state index is 0.730. The quantitative estimate of drug-likeness (QED) is 0.760. The Balaban J connectivity index is 2.02. The second kappa shape index (κ2) is 4.58. The van der Waals surface area contributed by atoms with Crippen LogP contribution in [0.15, 0.2) is 48.7 Å². The summed E-state index contributed by atoms with van der Waals surface area (Å²) in [5.74, 6) is 0. The number of fused-ring (bicyclic) bond motifs is 1. The van der Waals surface area contributed by atoms with Crippen molar-refractivity contribution in [3.05, 3.63) is 54.4 Å². The summed E-state index contributed by atoms with van der Waals surface area (Å²) in [6.07, 6.45) is 1.95. The highest BCUT2D eigenvalue weighted by Gasteiger charge is 2.02. The second-order valence-corrected chi connectivity index (χ2v) is 4.22. The van der Waals surface area contributed by atoms with Gasteiger partial charge in [0, 0.05) is 6.54 Å². The van der Waals surface area contributed by atoms with Gasteiger partial charge in [0.05, 0.1) is 17.6 Å². The van der Waals surface area contributed by atoms with Crippen LogP contribution in [-0.4, -0.2) is 22.0 Å². The number of nitrogens with one attached hydrogen (secondary N) is 1. The van der Waals surface area contributed by atoms with Crippen molar-refractivity contribution >= 4 is 10.8 Å². The van der Waals surface area contributed by atoms with Crippen LogP contribution >= 0.6 is 0 Å². The van der Waals surface area contributed by atoms with Gasteiger partial charge in [0.15, 0.2) is 0 Å². The number of nitrogens with zero attached hydrogens (tertiary/aromatic N) is 3. The van der Waals surface area contributed by atoms with Gasteiger partial charge in [-0.05, 0) is 30.0 Å². The smallest absolute Gasteiger partial charge is 0.0969 e. The van der Waals surface area contributed by atoms with Gasteiger partial charge >= 0.3 is 0 Å². The van der Waals surface area contributed by atoms with Crippen molar-refractivity contribution in [1.82, 2.24) is 20.3 Å². The maximum Gasteiger partial charge on any atom is 0.0969 e. The van der Waals surface area contributed by atoms with Crippen LogP contribution in [0, 0.1) is 0 Å². The van der Waals surface area contributed by atoms with Gasteiger partial charge in [0.2, 0.25) is 0 Å². The molecular formula is C14H14N4. The van der Waals surface area contributed by atoms with Crippen LogP contribution in [0.25, 0.3) is 16.5 Å². The van der Waals surface area contributed by atoms with Crippen molar-refractivity contribution in [2.45, 2.75) is 6.54 Å². The molecule has 0 amide bonds. The Morgan fingerprint density at radius 1 is 1.11 bits per heavy atom. The third-order valence-electron chi connectivity index (χ3n) is 2.90. The molecular weight excluding hydrogens is 224 g/mol. The summed E-state index contributed by atoms with van der Waals surface area (Å²) in [7, 11) is 1.90. The number of benzene rings is 2. The molecule has 1 aromatic heterocycles. The first kappa shape index (κ1) is 10.9. The lowest BCUT2D eigenvalue weighted by Crippen LogP contribution is -2.04. The number of hydrogen-bond acceptors (Lipinski definition) is 3.